The maximum Gasteiger partial charge on any atom is 0.0800 e. The summed E-state index contributed by atoms with van der Waals surface area (Å²) in [7, 11) is 0. The molecule has 0 aliphatic carbocycles. The van der Waals surface area contributed by atoms with Crippen LogP contribution in [0.1, 0.15) is 0 Å². The van der Waals surface area contributed by atoms with Crippen molar-refractivity contribution >= 4 is 126 Å². The molecule has 0 spiro atoms. The third-order valence-corrected chi connectivity index (χ3v) is 7.25. The van der Waals surface area contributed by atoms with Crippen LogP contribution in [0, 0.1) is 0 Å². The van der Waals surface area contributed by atoms with E-state index in [9.17, 15) is 0 Å². The van der Waals surface area contributed by atoms with Crippen LogP contribution in [0.4, 0.5) is 0 Å². The van der Waals surface area contributed by atoms with Gasteiger partial charge in [-0.3, -0.25) is 0 Å². The summed E-state index contributed by atoms with van der Waals surface area (Å²) in [5.74, 6) is 0. The lowest BCUT2D eigenvalue weighted by atomic mass is 10.0. The van der Waals surface area contributed by atoms with Gasteiger partial charge in [-0.25, -0.2) is 0 Å². The molecule has 0 saturated heterocycles. The Balaban J connectivity index is 2.80. The molecule has 0 N–H and O–H groups in total. The quantitative estimate of drug-likeness (QED) is 0.168. The molecule has 3 rings (SSSR count). The molecule has 0 heterocycles. The Morgan fingerprint density at radius 3 is 1.30 bits per heavy atom. The van der Waals surface area contributed by atoms with Crippen molar-refractivity contribution < 1.29 is 0 Å². The van der Waals surface area contributed by atoms with Gasteiger partial charge in [-0.05, 0) is 6.07 Å². The van der Waals surface area contributed by atoms with Crippen molar-refractivity contribution in [3.63, 3.8) is 0 Å². The summed E-state index contributed by atoms with van der Waals surface area (Å²) in [6.07, 6.45) is 0. The molecule has 0 aliphatic heterocycles. The minimum absolute atomic E-state index is 0.0765. The van der Waals surface area contributed by atoms with Crippen molar-refractivity contribution in [2.24, 2.45) is 0 Å². The molecule has 0 atom stereocenters. The highest BCUT2D eigenvalue weighted by Crippen LogP contribution is 2.52. The van der Waals surface area contributed by atoms with Crippen LogP contribution in [0.15, 0.2) is 6.07 Å². The summed E-state index contributed by atoms with van der Waals surface area (Å²) in [4.78, 5) is 0. The smallest absolute Gasteiger partial charge is 0.0800 e. The molecule has 0 unspecified atom stereocenters. The van der Waals surface area contributed by atoms with Crippen LogP contribution < -0.4 is 0 Å². The Labute approximate surface area is 176 Å². The number of halogens is 9. The average Bonchev–Trinajstić information content (AvgIpc) is 2.53. The first-order valence-corrected chi connectivity index (χ1v) is 9.18. The molecule has 3 aromatic rings. The van der Waals surface area contributed by atoms with E-state index in [1.807, 2.05) is 0 Å². The summed E-state index contributed by atoms with van der Waals surface area (Å²) in [6.45, 7) is 0. The maximum absolute atomic E-state index is 6.36. The molecule has 23 heavy (non-hydrogen) atoms. The Morgan fingerprint density at radius 2 is 0.783 bits per heavy atom. The van der Waals surface area contributed by atoms with Gasteiger partial charge in [-0.1, -0.05) is 104 Å². The van der Waals surface area contributed by atoms with Crippen LogP contribution in [-0.4, -0.2) is 0 Å². The van der Waals surface area contributed by atoms with Crippen molar-refractivity contribution in [1.82, 2.24) is 0 Å². The zero-order valence-electron chi connectivity index (χ0n) is 10.5. The van der Waals surface area contributed by atoms with Gasteiger partial charge in [0.05, 0.1) is 45.2 Å². The van der Waals surface area contributed by atoms with Crippen molar-refractivity contribution in [3.05, 3.63) is 51.3 Å². The fourth-order valence-corrected chi connectivity index (χ4v) is 4.73. The lowest BCUT2D eigenvalue weighted by molar-refractivity contribution is 1.74. The molecular weight excluding hydrogens is 487 g/mol. The first-order valence-electron chi connectivity index (χ1n) is 5.78. The van der Waals surface area contributed by atoms with Crippen molar-refractivity contribution in [3.8, 4) is 0 Å². The van der Waals surface area contributed by atoms with Crippen LogP contribution in [0.3, 0.4) is 0 Å². The van der Waals surface area contributed by atoms with E-state index in [0.717, 1.165) is 0 Å². The topological polar surface area (TPSA) is 0 Å². The molecule has 0 saturated carbocycles. The van der Waals surface area contributed by atoms with Crippen molar-refractivity contribution in [1.29, 1.82) is 0 Å². The van der Waals surface area contributed by atoms with E-state index >= 15 is 0 Å². The maximum atomic E-state index is 6.36. The molecule has 0 aromatic heterocycles. The standard InChI is InChI=1S/C14HCl9/c15-3-1-2-4(8(17)12(21)11(20)7(2)16)6-5(3)9(18)13(22)14(23)10(6)19/h1H. The summed E-state index contributed by atoms with van der Waals surface area (Å²) >= 11 is 56.1. The molecule has 0 fully saturated rings. The van der Waals surface area contributed by atoms with Crippen LogP contribution >= 0.6 is 104 Å². The SMILES string of the molecule is Clc1c(Cl)c(Cl)c2c(cc(Cl)c3c(Cl)c(Cl)c(Cl)c(Cl)c32)c1Cl. The van der Waals surface area contributed by atoms with E-state index < -0.39 is 0 Å². The molecule has 0 aliphatic rings. The molecular formula is C14HCl9. The molecule has 9 heteroatoms. The van der Waals surface area contributed by atoms with Crippen molar-refractivity contribution in [2.75, 3.05) is 0 Å². The fourth-order valence-electron chi connectivity index (χ4n) is 2.32. The van der Waals surface area contributed by atoms with Gasteiger partial charge in [0.1, 0.15) is 0 Å². The molecule has 120 valence electrons. The molecule has 0 radical (unpaired) electrons. The number of hydrogen-bond acceptors (Lipinski definition) is 0. The Bertz CT molecular complexity index is 1010. The van der Waals surface area contributed by atoms with E-state index in [-0.39, 0.29) is 45.2 Å². The Morgan fingerprint density at radius 1 is 0.391 bits per heavy atom. The fraction of sp³-hybridized carbons (Fsp3) is 0. The summed E-state index contributed by atoms with van der Waals surface area (Å²) in [6, 6.07) is 1.57. The largest absolute Gasteiger partial charge is 0.0836 e. The monoisotopic (exact) mass is 484 g/mol. The second kappa shape index (κ2) is 6.50. The average molecular weight is 488 g/mol. The summed E-state index contributed by atoms with van der Waals surface area (Å²) in [5.41, 5.74) is 0. The lowest BCUT2D eigenvalue weighted by Crippen LogP contribution is -1.89. The van der Waals surface area contributed by atoms with E-state index in [1.165, 1.54) is 0 Å². The van der Waals surface area contributed by atoms with Crippen LogP contribution in [0.5, 0.6) is 0 Å². The minimum atomic E-state index is 0.0765. The van der Waals surface area contributed by atoms with E-state index in [4.69, 9.17) is 104 Å². The lowest BCUT2D eigenvalue weighted by Gasteiger charge is -2.16. The third kappa shape index (κ3) is 2.67. The van der Waals surface area contributed by atoms with Gasteiger partial charge in [0.25, 0.3) is 0 Å². The highest BCUT2D eigenvalue weighted by Gasteiger charge is 2.24. The highest BCUT2D eigenvalue weighted by molar-refractivity contribution is 6.61. The summed E-state index contributed by atoms with van der Waals surface area (Å²) in [5, 5.41) is 3.01. The predicted molar refractivity (Wildman–Crippen MR) is 107 cm³/mol. The summed E-state index contributed by atoms with van der Waals surface area (Å²) < 4.78 is 0. The minimum Gasteiger partial charge on any atom is -0.0836 e. The highest BCUT2D eigenvalue weighted by atomic mass is 35.5. The van der Waals surface area contributed by atoms with Gasteiger partial charge >= 0.3 is 0 Å². The number of fused-ring (bicyclic) bond motifs is 3. The van der Waals surface area contributed by atoms with Crippen LogP contribution in [-0.2, 0) is 0 Å². The molecule has 0 amide bonds. The van der Waals surface area contributed by atoms with Gasteiger partial charge in [0, 0.05) is 21.5 Å². The molecule has 0 bridgehead atoms. The van der Waals surface area contributed by atoms with Gasteiger partial charge in [-0.2, -0.15) is 0 Å². The number of rotatable bonds is 0. The first-order chi connectivity index (χ1) is 10.7. The van der Waals surface area contributed by atoms with Crippen molar-refractivity contribution in [2.45, 2.75) is 0 Å². The van der Waals surface area contributed by atoms with Crippen LogP contribution in [0.25, 0.3) is 21.5 Å². The molecule has 0 nitrogen and oxygen atoms in total. The van der Waals surface area contributed by atoms with E-state index in [0.29, 0.717) is 21.5 Å². The zero-order valence-corrected chi connectivity index (χ0v) is 17.3. The normalized spacial score (nSPS) is 11.7. The Kier molecular flexibility index (Phi) is 5.25. The van der Waals surface area contributed by atoms with Gasteiger partial charge in [-0.15, -0.1) is 0 Å². The van der Waals surface area contributed by atoms with E-state index in [2.05, 4.69) is 0 Å². The second-order valence-corrected chi connectivity index (χ2v) is 7.97. The van der Waals surface area contributed by atoms with Gasteiger partial charge in [0.2, 0.25) is 0 Å². The molecule has 3 aromatic carbocycles. The predicted octanol–water partition coefficient (Wildman–Crippen LogP) is 9.87. The van der Waals surface area contributed by atoms with E-state index in [1.54, 1.807) is 6.07 Å². The van der Waals surface area contributed by atoms with Gasteiger partial charge in [0.15, 0.2) is 0 Å². The first kappa shape index (κ1) is 18.6. The zero-order chi connectivity index (χ0) is 17.2. The van der Waals surface area contributed by atoms with Crippen LogP contribution in [0.2, 0.25) is 45.2 Å². The number of hydrogen-bond donors (Lipinski definition) is 0. The third-order valence-electron chi connectivity index (χ3n) is 3.33. The second-order valence-electron chi connectivity index (χ2n) is 4.54. The number of benzene rings is 3. The Hall–Kier alpha value is 0.790. The van der Waals surface area contributed by atoms with Gasteiger partial charge < -0.3 is 0 Å².